The Labute approximate surface area is 110 Å². The fourth-order valence-corrected chi connectivity index (χ4v) is 3.80. The van der Waals surface area contributed by atoms with Crippen molar-refractivity contribution in [3.63, 3.8) is 0 Å². The van der Waals surface area contributed by atoms with E-state index in [9.17, 15) is 4.79 Å². The van der Waals surface area contributed by atoms with E-state index >= 15 is 0 Å². The molecule has 0 bridgehead atoms. The maximum Gasteiger partial charge on any atom is 0.226 e. The van der Waals surface area contributed by atoms with Gasteiger partial charge in [0.2, 0.25) is 5.91 Å². The normalized spacial score (nSPS) is 34.6. The third-order valence-electron chi connectivity index (χ3n) is 4.91. The number of fused-ring (bicyclic) bond motifs is 1. The first-order valence-electron chi connectivity index (χ1n) is 7.51. The van der Waals surface area contributed by atoms with Crippen LogP contribution in [0.15, 0.2) is 0 Å². The van der Waals surface area contributed by atoms with Crippen molar-refractivity contribution in [3.8, 4) is 0 Å². The van der Waals surface area contributed by atoms with Crippen LogP contribution in [0.5, 0.6) is 0 Å². The number of carbonyl (C=O) groups excluding carboxylic acids is 1. The summed E-state index contributed by atoms with van der Waals surface area (Å²) in [5, 5.41) is 3.34. The van der Waals surface area contributed by atoms with E-state index in [1.165, 1.54) is 19.4 Å². The summed E-state index contributed by atoms with van der Waals surface area (Å²) in [5.41, 5.74) is 0. The van der Waals surface area contributed by atoms with Gasteiger partial charge in [-0.15, -0.1) is 0 Å². The number of nitrogens with one attached hydrogen (secondary N) is 1. The van der Waals surface area contributed by atoms with Crippen molar-refractivity contribution in [3.05, 3.63) is 0 Å². The number of nitrogens with zero attached hydrogens (tertiary/aromatic N) is 2. The van der Waals surface area contributed by atoms with E-state index in [0.29, 0.717) is 18.0 Å². The Hall–Kier alpha value is -0.610. The highest BCUT2D eigenvalue weighted by atomic mass is 16.2. The molecule has 2 atom stereocenters. The lowest BCUT2D eigenvalue weighted by Gasteiger charge is -2.44. The van der Waals surface area contributed by atoms with Gasteiger partial charge in [0.05, 0.1) is 0 Å². The molecule has 0 spiro atoms. The van der Waals surface area contributed by atoms with E-state index in [0.717, 1.165) is 39.0 Å². The summed E-state index contributed by atoms with van der Waals surface area (Å²) in [4.78, 5) is 17.4. The van der Waals surface area contributed by atoms with Crippen molar-refractivity contribution in [2.24, 2.45) is 5.92 Å². The minimum absolute atomic E-state index is 0.279. The third kappa shape index (κ3) is 2.28. The monoisotopic (exact) mass is 251 g/mol. The van der Waals surface area contributed by atoms with Gasteiger partial charge in [0.25, 0.3) is 0 Å². The summed E-state index contributed by atoms with van der Waals surface area (Å²) in [6, 6.07) is 1.05. The van der Waals surface area contributed by atoms with Gasteiger partial charge in [-0.1, -0.05) is 0 Å². The molecule has 0 aromatic carbocycles. The van der Waals surface area contributed by atoms with Gasteiger partial charge in [-0.05, 0) is 52.2 Å². The zero-order valence-electron chi connectivity index (χ0n) is 11.4. The van der Waals surface area contributed by atoms with E-state index in [2.05, 4.69) is 22.0 Å². The molecule has 1 N–H and O–H groups in total. The van der Waals surface area contributed by atoms with E-state index in [1.807, 2.05) is 0 Å². The summed E-state index contributed by atoms with van der Waals surface area (Å²) in [5.74, 6) is 0.706. The largest absolute Gasteiger partial charge is 0.337 e. The molecule has 0 aromatic rings. The van der Waals surface area contributed by atoms with Crippen molar-refractivity contribution in [1.82, 2.24) is 15.1 Å². The molecule has 1 amide bonds. The fraction of sp³-hybridized carbons (Fsp3) is 0.929. The van der Waals surface area contributed by atoms with Crippen LogP contribution >= 0.6 is 0 Å². The molecular weight excluding hydrogens is 226 g/mol. The molecule has 3 saturated heterocycles. The lowest BCUT2D eigenvalue weighted by Crippen LogP contribution is -2.58. The molecule has 2 unspecified atom stereocenters. The van der Waals surface area contributed by atoms with E-state index < -0.39 is 0 Å². The average molecular weight is 251 g/mol. The van der Waals surface area contributed by atoms with Crippen molar-refractivity contribution in [1.29, 1.82) is 0 Å². The van der Waals surface area contributed by atoms with Gasteiger partial charge in [-0.25, -0.2) is 0 Å². The van der Waals surface area contributed by atoms with Crippen LogP contribution in [0.2, 0.25) is 0 Å². The quantitative estimate of drug-likeness (QED) is 0.744. The van der Waals surface area contributed by atoms with Crippen LogP contribution in [0, 0.1) is 5.92 Å². The van der Waals surface area contributed by atoms with Crippen LogP contribution in [0.25, 0.3) is 0 Å². The van der Waals surface area contributed by atoms with E-state index in [-0.39, 0.29) is 5.92 Å². The number of hydrogen-bond acceptors (Lipinski definition) is 3. The van der Waals surface area contributed by atoms with E-state index in [4.69, 9.17) is 0 Å². The first kappa shape index (κ1) is 12.4. The first-order chi connectivity index (χ1) is 8.75. The smallest absolute Gasteiger partial charge is 0.226 e. The Bertz CT molecular complexity index is 314. The minimum Gasteiger partial charge on any atom is -0.337 e. The lowest BCUT2D eigenvalue weighted by molar-refractivity contribution is -0.142. The van der Waals surface area contributed by atoms with Gasteiger partial charge in [0.1, 0.15) is 0 Å². The summed E-state index contributed by atoms with van der Waals surface area (Å²) in [7, 11) is 0. The predicted octanol–water partition coefficient (Wildman–Crippen LogP) is 0.681. The van der Waals surface area contributed by atoms with Crippen LogP contribution in [0.4, 0.5) is 0 Å². The Balaban J connectivity index is 1.65. The van der Waals surface area contributed by atoms with Gasteiger partial charge < -0.3 is 10.2 Å². The number of piperidine rings is 1. The molecule has 102 valence electrons. The summed E-state index contributed by atoms with van der Waals surface area (Å²) < 4.78 is 0. The van der Waals surface area contributed by atoms with Crippen LogP contribution in [0.1, 0.15) is 32.6 Å². The highest BCUT2D eigenvalue weighted by molar-refractivity contribution is 5.79. The van der Waals surface area contributed by atoms with Crippen molar-refractivity contribution >= 4 is 5.91 Å². The summed E-state index contributed by atoms with van der Waals surface area (Å²) in [6.45, 7) is 7.53. The standard InChI is InChI=1S/C14H25N3O/c1-11-9-16-8-2-3-13(16)10-17(11)14(18)12-4-6-15-7-5-12/h11-13,15H,2-10H2,1H3. The van der Waals surface area contributed by atoms with Gasteiger partial charge in [0, 0.05) is 31.1 Å². The van der Waals surface area contributed by atoms with Crippen LogP contribution in [-0.2, 0) is 4.79 Å². The number of rotatable bonds is 1. The molecule has 0 aromatic heterocycles. The van der Waals surface area contributed by atoms with Gasteiger partial charge in [0.15, 0.2) is 0 Å². The number of piperazine rings is 1. The molecule has 18 heavy (non-hydrogen) atoms. The summed E-state index contributed by atoms with van der Waals surface area (Å²) in [6.07, 6.45) is 4.64. The highest BCUT2D eigenvalue weighted by Crippen LogP contribution is 2.27. The first-order valence-corrected chi connectivity index (χ1v) is 7.51. The van der Waals surface area contributed by atoms with Crippen LogP contribution < -0.4 is 5.32 Å². The molecule has 3 rings (SSSR count). The molecule has 3 fully saturated rings. The Kier molecular flexibility index (Phi) is 3.57. The predicted molar refractivity (Wildman–Crippen MR) is 71.4 cm³/mol. The molecule has 4 heteroatoms. The molecule has 3 aliphatic heterocycles. The van der Waals surface area contributed by atoms with Gasteiger partial charge >= 0.3 is 0 Å². The number of hydrogen-bond donors (Lipinski definition) is 1. The van der Waals surface area contributed by atoms with Crippen molar-refractivity contribution in [2.45, 2.75) is 44.7 Å². The molecule has 0 radical (unpaired) electrons. The third-order valence-corrected chi connectivity index (χ3v) is 4.91. The van der Waals surface area contributed by atoms with E-state index in [1.54, 1.807) is 0 Å². The van der Waals surface area contributed by atoms with Gasteiger partial charge in [-0.3, -0.25) is 9.69 Å². The zero-order chi connectivity index (χ0) is 12.5. The molecule has 0 saturated carbocycles. The topological polar surface area (TPSA) is 35.6 Å². The Morgan fingerprint density at radius 1 is 1.17 bits per heavy atom. The lowest BCUT2D eigenvalue weighted by atomic mass is 9.94. The number of amides is 1. The Morgan fingerprint density at radius 3 is 2.72 bits per heavy atom. The maximum absolute atomic E-state index is 12.6. The van der Waals surface area contributed by atoms with Crippen molar-refractivity contribution in [2.75, 3.05) is 32.7 Å². The molecule has 3 heterocycles. The average Bonchev–Trinajstić information content (AvgIpc) is 2.85. The Morgan fingerprint density at radius 2 is 1.94 bits per heavy atom. The van der Waals surface area contributed by atoms with Gasteiger partial charge in [-0.2, -0.15) is 0 Å². The molecule has 0 aliphatic carbocycles. The minimum atomic E-state index is 0.279. The maximum atomic E-state index is 12.6. The second-order valence-corrected chi connectivity index (χ2v) is 6.15. The molecule has 3 aliphatic rings. The number of carbonyl (C=O) groups is 1. The summed E-state index contributed by atoms with van der Waals surface area (Å²) >= 11 is 0. The van der Waals surface area contributed by atoms with Crippen LogP contribution in [-0.4, -0.2) is 60.5 Å². The SMILES string of the molecule is CC1CN2CCCC2CN1C(=O)C1CCNCC1. The molecule has 4 nitrogen and oxygen atoms in total. The molecular formula is C14H25N3O. The second-order valence-electron chi connectivity index (χ2n) is 6.15. The van der Waals surface area contributed by atoms with Crippen LogP contribution in [0.3, 0.4) is 0 Å². The second kappa shape index (κ2) is 5.17. The van der Waals surface area contributed by atoms with Crippen molar-refractivity contribution < 1.29 is 4.79 Å². The zero-order valence-corrected chi connectivity index (χ0v) is 11.4. The fourth-order valence-electron chi connectivity index (χ4n) is 3.80. The highest BCUT2D eigenvalue weighted by Gasteiger charge is 2.38.